The number of rotatable bonds is 4. The molecule has 0 spiro atoms. The fourth-order valence-corrected chi connectivity index (χ4v) is 1.97. The molecule has 0 aromatic heterocycles. The van der Waals surface area contributed by atoms with Crippen LogP contribution in [0.4, 0.5) is 0 Å². The minimum Gasteiger partial charge on any atom is -0.508 e. The molecular weight excluding hydrogens is 272 g/mol. The average Bonchev–Trinajstić information content (AvgIpc) is 2.48. The summed E-state index contributed by atoms with van der Waals surface area (Å²) in [6.45, 7) is 0. The first kappa shape index (κ1) is 14.2. The molecule has 0 atom stereocenters. The summed E-state index contributed by atoms with van der Waals surface area (Å²) in [6.07, 6.45) is 2.79. The molecule has 2 aromatic carbocycles. The molecule has 104 valence electrons. The first-order chi connectivity index (χ1) is 10.1. The highest BCUT2D eigenvalue weighted by molar-refractivity contribution is 5.50. The van der Waals surface area contributed by atoms with E-state index in [0.29, 0.717) is 11.1 Å². The lowest BCUT2D eigenvalue weighted by Gasteiger charge is -2.23. The lowest BCUT2D eigenvalue weighted by Crippen LogP contribution is -2.22. The van der Waals surface area contributed by atoms with Gasteiger partial charge in [0, 0.05) is 11.1 Å². The Balaban J connectivity index is 2.74. The second kappa shape index (κ2) is 5.84. The van der Waals surface area contributed by atoms with Crippen LogP contribution in [0, 0.1) is 0 Å². The summed E-state index contributed by atoms with van der Waals surface area (Å²) in [4.78, 5) is 28.9. The molecule has 0 aliphatic carbocycles. The van der Waals surface area contributed by atoms with E-state index in [1.54, 1.807) is 0 Å². The van der Waals surface area contributed by atoms with Crippen molar-refractivity contribution in [1.29, 1.82) is 0 Å². The van der Waals surface area contributed by atoms with Crippen LogP contribution in [0.25, 0.3) is 0 Å². The number of aliphatic imine (C=N–C) groups is 2. The van der Waals surface area contributed by atoms with E-state index in [2.05, 4.69) is 9.98 Å². The summed E-state index contributed by atoms with van der Waals surface area (Å²) < 4.78 is 0. The molecule has 2 aromatic rings. The van der Waals surface area contributed by atoms with Gasteiger partial charge in [0.25, 0.3) is 0 Å². The van der Waals surface area contributed by atoms with Gasteiger partial charge in [-0.1, -0.05) is 24.3 Å². The highest BCUT2D eigenvalue weighted by Crippen LogP contribution is 2.36. The number of phenolic OH excluding ortho intramolecular Hbond substituents is 2. The fourth-order valence-electron chi connectivity index (χ4n) is 1.97. The average molecular weight is 282 g/mol. The maximum absolute atomic E-state index is 10.8. The Morgan fingerprint density at radius 1 is 0.714 bits per heavy atom. The number of isocyanates is 2. The van der Waals surface area contributed by atoms with Gasteiger partial charge in [-0.05, 0) is 24.3 Å². The van der Waals surface area contributed by atoms with Crippen molar-refractivity contribution in [3.8, 4) is 11.5 Å². The van der Waals surface area contributed by atoms with Crippen molar-refractivity contribution in [1.82, 2.24) is 0 Å². The predicted molar refractivity (Wildman–Crippen MR) is 73.2 cm³/mol. The lowest BCUT2D eigenvalue weighted by atomic mass is 9.92. The van der Waals surface area contributed by atoms with Crippen molar-refractivity contribution in [3.05, 3.63) is 59.7 Å². The second-order valence-corrected chi connectivity index (χ2v) is 4.17. The van der Waals surface area contributed by atoms with Crippen molar-refractivity contribution in [3.63, 3.8) is 0 Å². The molecule has 0 aliphatic rings. The molecule has 0 bridgehead atoms. The maximum Gasteiger partial charge on any atom is 0.238 e. The molecular formula is C15H10N2O4. The minimum atomic E-state index is -1.65. The minimum absolute atomic E-state index is 0.0171. The van der Waals surface area contributed by atoms with E-state index < -0.39 is 5.66 Å². The number of carbonyl (C=O) groups excluding carboxylic acids is 2. The summed E-state index contributed by atoms with van der Waals surface area (Å²) in [5.41, 5.74) is -0.902. The summed E-state index contributed by atoms with van der Waals surface area (Å²) in [6, 6.07) is 11.4. The van der Waals surface area contributed by atoms with Gasteiger partial charge in [-0.3, -0.25) is 0 Å². The molecule has 0 amide bonds. The van der Waals surface area contributed by atoms with Crippen LogP contribution in [0.2, 0.25) is 0 Å². The van der Waals surface area contributed by atoms with Gasteiger partial charge in [-0.25, -0.2) is 9.59 Å². The lowest BCUT2D eigenvalue weighted by molar-refractivity contribution is 0.472. The molecule has 6 nitrogen and oxygen atoms in total. The Kier molecular flexibility index (Phi) is 3.95. The Morgan fingerprint density at radius 2 is 1.05 bits per heavy atom. The van der Waals surface area contributed by atoms with Gasteiger partial charge in [-0.2, -0.15) is 9.98 Å². The second-order valence-electron chi connectivity index (χ2n) is 4.17. The Labute approximate surface area is 119 Å². The Morgan fingerprint density at radius 3 is 1.33 bits per heavy atom. The number of hydrogen-bond donors (Lipinski definition) is 2. The van der Waals surface area contributed by atoms with Crippen LogP contribution in [0.5, 0.6) is 11.5 Å². The van der Waals surface area contributed by atoms with E-state index >= 15 is 0 Å². The smallest absolute Gasteiger partial charge is 0.238 e. The zero-order valence-electron chi connectivity index (χ0n) is 10.7. The van der Waals surface area contributed by atoms with Gasteiger partial charge >= 0.3 is 0 Å². The monoisotopic (exact) mass is 282 g/mol. The molecule has 0 saturated heterocycles. The highest BCUT2D eigenvalue weighted by Gasteiger charge is 2.34. The summed E-state index contributed by atoms with van der Waals surface area (Å²) in [5, 5.41) is 18.7. The number of aromatic hydroxyl groups is 2. The quantitative estimate of drug-likeness (QED) is 0.661. The van der Waals surface area contributed by atoms with Crippen molar-refractivity contribution in [2.75, 3.05) is 0 Å². The Bertz CT molecular complexity index is 660. The van der Waals surface area contributed by atoms with Crippen molar-refractivity contribution in [2.45, 2.75) is 5.66 Å². The van der Waals surface area contributed by atoms with Gasteiger partial charge in [0.2, 0.25) is 17.8 Å². The molecule has 0 aliphatic heterocycles. The van der Waals surface area contributed by atoms with Gasteiger partial charge in [0.05, 0.1) is 0 Å². The van der Waals surface area contributed by atoms with E-state index in [0.717, 1.165) is 0 Å². The zero-order valence-corrected chi connectivity index (χ0v) is 10.7. The number of benzene rings is 2. The summed E-state index contributed by atoms with van der Waals surface area (Å²) >= 11 is 0. The standard InChI is InChI=1S/C15H10N2O4/c18-9-16-15(17-10-19,11-1-5-13(20)6-2-11)12-3-7-14(21)8-4-12/h1-8,20-21H. The molecule has 0 heterocycles. The van der Waals surface area contributed by atoms with Gasteiger partial charge < -0.3 is 10.2 Å². The van der Waals surface area contributed by atoms with Gasteiger partial charge in [-0.15, -0.1) is 0 Å². The molecule has 6 heteroatoms. The third-order valence-electron chi connectivity index (χ3n) is 2.95. The summed E-state index contributed by atoms with van der Waals surface area (Å²) in [7, 11) is 0. The van der Waals surface area contributed by atoms with Crippen LogP contribution in [0.3, 0.4) is 0 Å². The van der Waals surface area contributed by atoms with Crippen LogP contribution < -0.4 is 0 Å². The van der Waals surface area contributed by atoms with Crippen LogP contribution in [-0.4, -0.2) is 22.4 Å². The molecule has 21 heavy (non-hydrogen) atoms. The van der Waals surface area contributed by atoms with Gasteiger partial charge in [0.15, 0.2) is 0 Å². The van der Waals surface area contributed by atoms with Crippen molar-refractivity contribution >= 4 is 12.2 Å². The van der Waals surface area contributed by atoms with E-state index in [4.69, 9.17) is 0 Å². The molecule has 0 unspecified atom stereocenters. The van der Waals surface area contributed by atoms with E-state index in [1.807, 2.05) is 0 Å². The van der Waals surface area contributed by atoms with E-state index in [-0.39, 0.29) is 11.5 Å². The molecule has 2 rings (SSSR count). The molecule has 2 N–H and O–H groups in total. The third kappa shape index (κ3) is 2.72. The fraction of sp³-hybridized carbons (Fsp3) is 0.0667. The maximum atomic E-state index is 10.8. The first-order valence-corrected chi connectivity index (χ1v) is 5.89. The molecule has 0 fully saturated rings. The van der Waals surface area contributed by atoms with Crippen molar-refractivity contribution in [2.24, 2.45) is 9.98 Å². The van der Waals surface area contributed by atoms with Crippen LogP contribution >= 0.6 is 0 Å². The van der Waals surface area contributed by atoms with E-state index in [1.165, 1.54) is 60.7 Å². The van der Waals surface area contributed by atoms with Crippen molar-refractivity contribution < 1.29 is 19.8 Å². The van der Waals surface area contributed by atoms with E-state index in [9.17, 15) is 19.8 Å². The first-order valence-electron chi connectivity index (χ1n) is 5.89. The van der Waals surface area contributed by atoms with Crippen LogP contribution in [0.1, 0.15) is 11.1 Å². The topological polar surface area (TPSA) is 99.3 Å². The molecule has 0 radical (unpaired) electrons. The van der Waals surface area contributed by atoms with Gasteiger partial charge in [0.1, 0.15) is 11.5 Å². The molecule has 0 saturated carbocycles. The normalized spacial score (nSPS) is 10.3. The largest absolute Gasteiger partial charge is 0.508 e. The zero-order chi connectivity index (χ0) is 15.3. The van der Waals surface area contributed by atoms with Crippen LogP contribution in [-0.2, 0) is 15.3 Å². The Hall–Kier alpha value is -3.20. The SMILES string of the molecule is O=C=NC(N=C=O)(c1ccc(O)cc1)c1ccc(O)cc1. The summed E-state index contributed by atoms with van der Waals surface area (Å²) in [5.74, 6) is 0.0343. The predicted octanol–water partition coefficient (Wildman–Crippen LogP) is 1.97. The number of phenols is 2. The number of hydrogen-bond acceptors (Lipinski definition) is 6. The number of nitrogens with zero attached hydrogens (tertiary/aromatic N) is 2. The van der Waals surface area contributed by atoms with Crippen LogP contribution in [0.15, 0.2) is 58.5 Å². The highest BCUT2D eigenvalue weighted by atomic mass is 16.3. The third-order valence-corrected chi connectivity index (χ3v) is 2.95.